The molecule has 45 heavy (non-hydrogen) atoms. The molecule has 0 aromatic heterocycles. The van der Waals surface area contributed by atoms with Crippen molar-refractivity contribution in [1.82, 2.24) is 5.32 Å². The number of benzene rings is 2. The van der Waals surface area contributed by atoms with Crippen molar-refractivity contribution >= 4 is 17.7 Å². The lowest BCUT2D eigenvalue weighted by Crippen LogP contribution is -2.67. The lowest BCUT2D eigenvalue weighted by atomic mass is 9.83. The normalized spacial score (nSPS) is 31.9. The summed E-state index contributed by atoms with van der Waals surface area (Å²) >= 11 is 0. The summed E-state index contributed by atoms with van der Waals surface area (Å²) in [7, 11) is 0. The molecular formula is C30H34F2N2O11. The first-order valence-corrected chi connectivity index (χ1v) is 14.1. The predicted octanol–water partition coefficient (Wildman–Crippen LogP) is 0.844. The van der Waals surface area contributed by atoms with Crippen molar-refractivity contribution in [2.75, 3.05) is 6.79 Å². The molecule has 0 radical (unpaired) electrons. The summed E-state index contributed by atoms with van der Waals surface area (Å²) in [5.41, 5.74) is 1.32. The van der Waals surface area contributed by atoms with Crippen LogP contribution in [0.4, 0.5) is 8.78 Å². The number of amides is 1. The molecule has 1 aliphatic carbocycles. The van der Waals surface area contributed by atoms with Gasteiger partial charge in [-0.25, -0.2) is 8.78 Å². The number of aliphatic hydroxyl groups excluding tert-OH is 4. The van der Waals surface area contributed by atoms with Gasteiger partial charge in [-0.1, -0.05) is 17.3 Å². The summed E-state index contributed by atoms with van der Waals surface area (Å²) in [6.07, 6.45) is -7.35. The van der Waals surface area contributed by atoms with E-state index < -0.39 is 72.6 Å². The summed E-state index contributed by atoms with van der Waals surface area (Å²) in [5, 5.41) is 58.8. The third kappa shape index (κ3) is 7.25. The molecule has 0 spiro atoms. The van der Waals surface area contributed by atoms with Crippen LogP contribution < -0.4 is 10.1 Å². The monoisotopic (exact) mass is 636 g/mol. The van der Waals surface area contributed by atoms with Gasteiger partial charge in [0.1, 0.15) is 56.1 Å². The first-order chi connectivity index (χ1) is 21.4. The lowest BCUT2D eigenvalue weighted by molar-refractivity contribution is -0.155. The van der Waals surface area contributed by atoms with Crippen molar-refractivity contribution in [3.63, 3.8) is 0 Å². The second-order valence-electron chi connectivity index (χ2n) is 11.1. The highest BCUT2D eigenvalue weighted by Gasteiger charge is 2.53. The zero-order valence-electron chi connectivity index (χ0n) is 24.2. The van der Waals surface area contributed by atoms with Crippen molar-refractivity contribution in [3.05, 3.63) is 64.7 Å². The Kier molecular flexibility index (Phi) is 9.98. The first kappa shape index (κ1) is 32.7. The van der Waals surface area contributed by atoms with Crippen LogP contribution in [-0.2, 0) is 30.4 Å². The van der Waals surface area contributed by atoms with Gasteiger partial charge in [-0.3, -0.25) is 4.79 Å². The van der Waals surface area contributed by atoms with Crippen LogP contribution in [0, 0.1) is 11.6 Å². The number of ether oxygens (including phenoxy) is 4. The molecular weight excluding hydrogens is 602 g/mol. The Morgan fingerprint density at radius 1 is 1.02 bits per heavy atom. The molecule has 6 N–H and O–H groups in total. The fraction of sp³-hybridized carbons (Fsp3) is 0.467. The summed E-state index contributed by atoms with van der Waals surface area (Å²) in [6, 6.07) is 6.42. The molecule has 9 atom stereocenters. The lowest BCUT2D eigenvalue weighted by Gasteiger charge is -2.41. The number of halogens is 2. The minimum absolute atomic E-state index is 0.00101. The number of phenols is 1. The van der Waals surface area contributed by atoms with Gasteiger partial charge in [0.15, 0.2) is 23.1 Å². The number of hydrogen-bond acceptors (Lipinski definition) is 12. The maximum atomic E-state index is 13.4. The SMILES string of the molecule is CC(=Cc1ccc(O[C@@H]2O[C@H](C(C)=NOCc3ccc(F)c(F)c3)C[C@@H]2O)c(O)c1)C(=O)N[C@@H]1[C@H](O)[C@@H](O)[C@H]2OCO[C@H]2[C@@H]1O. The Bertz CT molecular complexity index is 1460. The summed E-state index contributed by atoms with van der Waals surface area (Å²) < 4.78 is 48.4. The molecule has 2 aromatic rings. The molecule has 0 bridgehead atoms. The van der Waals surface area contributed by atoms with Gasteiger partial charge in [0.2, 0.25) is 12.2 Å². The summed E-state index contributed by atoms with van der Waals surface area (Å²) in [6.45, 7) is 2.82. The van der Waals surface area contributed by atoms with Crippen molar-refractivity contribution in [2.45, 2.75) is 81.9 Å². The number of nitrogens with one attached hydrogen (secondary N) is 1. The van der Waals surface area contributed by atoms with Gasteiger partial charge < -0.3 is 54.6 Å². The van der Waals surface area contributed by atoms with E-state index in [2.05, 4.69) is 10.5 Å². The van der Waals surface area contributed by atoms with E-state index in [0.717, 1.165) is 12.1 Å². The zero-order chi connectivity index (χ0) is 32.4. The van der Waals surface area contributed by atoms with E-state index >= 15 is 0 Å². The fourth-order valence-corrected chi connectivity index (χ4v) is 5.30. The molecule has 1 saturated carbocycles. The van der Waals surface area contributed by atoms with E-state index in [1.165, 1.54) is 31.2 Å². The van der Waals surface area contributed by atoms with Gasteiger partial charge >= 0.3 is 0 Å². The highest BCUT2D eigenvalue weighted by Crippen LogP contribution is 2.33. The number of aliphatic hydroxyl groups is 4. The quantitative estimate of drug-likeness (QED) is 0.130. The second-order valence-corrected chi connectivity index (χ2v) is 11.1. The number of nitrogens with zero attached hydrogens (tertiary/aromatic N) is 1. The minimum atomic E-state index is -1.50. The second kappa shape index (κ2) is 13.7. The summed E-state index contributed by atoms with van der Waals surface area (Å²) in [5.74, 6) is -2.91. The van der Waals surface area contributed by atoms with Gasteiger partial charge in [0.05, 0.1) is 11.8 Å². The number of hydrogen-bond donors (Lipinski definition) is 6. The Balaban J connectivity index is 1.15. The summed E-state index contributed by atoms with van der Waals surface area (Å²) in [4.78, 5) is 18.0. The standard InChI is InChI=1S/C30H34F2N2O11/c1-13(29(40)33-23-24(37)26(39)28-27(25(23)38)41-12-42-28)7-15-4-6-21(19(35)9-15)44-30-20(36)10-22(45-30)14(2)34-43-11-16-3-5-17(31)18(32)8-16/h3-9,20,22-28,30,35-39H,10-12H2,1-2H3,(H,33,40)/t20-,22-,23+,24-,25+,26+,27-,28+,30+/m0/s1. The van der Waals surface area contributed by atoms with Gasteiger partial charge in [-0.05, 0) is 55.3 Å². The van der Waals surface area contributed by atoms with Gasteiger partial charge in [0, 0.05) is 12.0 Å². The van der Waals surface area contributed by atoms with Gasteiger partial charge in [-0.2, -0.15) is 0 Å². The Morgan fingerprint density at radius 2 is 1.76 bits per heavy atom. The number of oxime groups is 1. The van der Waals surface area contributed by atoms with Gasteiger partial charge in [-0.15, -0.1) is 0 Å². The van der Waals surface area contributed by atoms with Crippen LogP contribution in [0.2, 0.25) is 0 Å². The third-order valence-electron chi connectivity index (χ3n) is 7.83. The molecule has 0 unspecified atom stereocenters. The van der Waals surface area contributed by atoms with Crippen molar-refractivity contribution in [2.24, 2.45) is 5.16 Å². The number of rotatable bonds is 9. The average molecular weight is 637 g/mol. The number of carbonyl (C=O) groups is 1. The first-order valence-electron chi connectivity index (χ1n) is 14.1. The molecule has 13 nitrogen and oxygen atoms in total. The van der Waals surface area contributed by atoms with Crippen LogP contribution in [0.15, 0.2) is 47.1 Å². The van der Waals surface area contributed by atoms with Crippen LogP contribution in [0.1, 0.15) is 31.4 Å². The highest BCUT2D eigenvalue weighted by molar-refractivity contribution is 5.97. The molecule has 2 heterocycles. The van der Waals surface area contributed by atoms with Crippen molar-refractivity contribution in [1.29, 1.82) is 0 Å². The molecule has 3 aliphatic rings. The van der Waals surface area contributed by atoms with E-state index in [0.29, 0.717) is 16.8 Å². The molecule has 1 amide bonds. The van der Waals surface area contributed by atoms with E-state index in [1.807, 2.05) is 0 Å². The Labute approximate surface area is 256 Å². The predicted molar refractivity (Wildman–Crippen MR) is 150 cm³/mol. The van der Waals surface area contributed by atoms with Gasteiger partial charge in [0.25, 0.3) is 0 Å². The number of aromatic hydroxyl groups is 1. The third-order valence-corrected chi connectivity index (χ3v) is 7.83. The molecule has 5 rings (SSSR count). The Morgan fingerprint density at radius 3 is 2.47 bits per heavy atom. The highest BCUT2D eigenvalue weighted by atomic mass is 19.2. The Hall–Kier alpha value is -3.70. The van der Waals surface area contributed by atoms with Crippen molar-refractivity contribution < 1.29 is 62.9 Å². The number of carbonyl (C=O) groups excluding carboxylic acids is 1. The van der Waals surface area contributed by atoms with E-state index in [1.54, 1.807) is 13.0 Å². The van der Waals surface area contributed by atoms with E-state index in [4.69, 9.17) is 23.8 Å². The van der Waals surface area contributed by atoms with E-state index in [9.17, 15) is 39.1 Å². The fourth-order valence-electron chi connectivity index (χ4n) is 5.30. The molecule has 15 heteroatoms. The molecule has 244 valence electrons. The topological polar surface area (TPSA) is 189 Å². The molecule has 3 fully saturated rings. The van der Waals surface area contributed by atoms with Crippen molar-refractivity contribution in [3.8, 4) is 11.5 Å². The smallest absolute Gasteiger partial charge is 0.247 e. The number of phenolic OH excluding ortho intramolecular Hbond substituents is 1. The van der Waals surface area contributed by atoms with Crippen LogP contribution in [0.3, 0.4) is 0 Å². The zero-order valence-corrected chi connectivity index (χ0v) is 24.2. The maximum Gasteiger partial charge on any atom is 0.247 e. The molecule has 2 aliphatic heterocycles. The van der Waals surface area contributed by atoms with Crippen LogP contribution in [0.25, 0.3) is 6.08 Å². The van der Waals surface area contributed by atoms with Crippen LogP contribution in [0.5, 0.6) is 11.5 Å². The number of fused-ring (bicyclic) bond motifs is 1. The molecule has 2 saturated heterocycles. The maximum absolute atomic E-state index is 13.4. The van der Waals surface area contributed by atoms with Crippen LogP contribution >= 0.6 is 0 Å². The minimum Gasteiger partial charge on any atom is -0.504 e. The van der Waals surface area contributed by atoms with Crippen LogP contribution in [-0.4, -0.2) is 99.0 Å². The average Bonchev–Trinajstić information content (AvgIpc) is 3.64. The molecule has 2 aromatic carbocycles. The largest absolute Gasteiger partial charge is 0.504 e. The van der Waals surface area contributed by atoms with E-state index in [-0.39, 0.29) is 36.9 Å².